The highest BCUT2D eigenvalue weighted by Crippen LogP contribution is 2.41. The molecule has 2 aliphatic carbocycles. The van der Waals surface area contributed by atoms with Gasteiger partial charge in [-0.3, -0.25) is 9.59 Å². The minimum Gasteiger partial charge on any atom is -0.352 e. The first-order chi connectivity index (χ1) is 16.5. The number of nitrogens with zero attached hydrogens (tertiary/aromatic N) is 5. The molecule has 0 unspecified atom stereocenters. The lowest BCUT2D eigenvalue weighted by Crippen LogP contribution is -2.41. The number of benzene rings is 1. The second kappa shape index (κ2) is 10.8. The van der Waals surface area contributed by atoms with Crippen LogP contribution in [-0.4, -0.2) is 56.6 Å². The molecule has 4 rings (SSSR count). The highest BCUT2D eigenvalue weighted by molar-refractivity contribution is 5.88. The first-order valence-electron chi connectivity index (χ1n) is 12.2. The SMILES string of the molecule is C=CCCCCN(C)C(=O)[C@@H]1C[C@H](n2nnc(-c3ccccc3)n2)C[C@H]1C(=O)N[C@@H]1C[C@H]1C=C. The van der Waals surface area contributed by atoms with Gasteiger partial charge in [-0.25, -0.2) is 0 Å². The van der Waals surface area contributed by atoms with Crippen LogP contribution in [0.1, 0.15) is 44.6 Å². The second-order valence-electron chi connectivity index (χ2n) is 9.43. The lowest BCUT2D eigenvalue weighted by molar-refractivity contribution is -0.139. The second-order valence-corrected chi connectivity index (χ2v) is 9.43. The number of aromatic nitrogens is 4. The Bertz CT molecular complexity index is 1020. The Labute approximate surface area is 201 Å². The normalized spacial score (nSPS) is 25.5. The van der Waals surface area contributed by atoms with Crippen LogP contribution in [0.15, 0.2) is 55.6 Å². The molecule has 2 aliphatic rings. The van der Waals surface area contributed by atoms with Gasteiger partial charge in [0.1, 0.15) is 0 Å². The van der Waals surface area contributed by atoms with Crippen LogP contribution in [0.3, 0.4) is 0 Å². The molecule has 1 heterocycles. The fourth-order valence-corrected chi connectivity index (χ4v) is 4.81. The number of rotatable bonds is 11. The first kappa shape index (κ1) is 23.9. The fourth-order valence-electron chi connectivity index (χ4n) is 4.81. The van der Waals surface area contributed by atoms with E-state index in [2.05, 4.69) is 33.9 Å². The van der Waals surface area contributed by atoms with Crippen LogP contribution in [0, 0.1) is 17.8 Å². The summed E-state index contributed by atoms with van der Waals surface area (Å²) in [7, 11) is 1.83. The predicted molar refractivity (Wildman–Crippen MR) is 130 cm³/mol. The number of tetrazole rings is 1. The van der Waals surface area contributed by atoms with E-state index in [9.17, 15) is 9.59 Å². The minimum atomic E-state index is -0.412. The van der Waals surface area contributed by atoms with E-state index < -0.39 is 11.8 Å². The zero-order valence-electron chi connectivity index (χ0n) is 19.8. The van der Waals surface area contributed by atoms with Crippen LogP contribution in [0.4, 0.5) is 0 Å². The summed E-state index contributed by atoms with van der Waals surface area (Å²) in [6, 6.07) is 9.65. The zero-order chi connectivity index (χ0) is 24.1. The summed E-state index contributed by atoms with van der Waals surface area (Å²) in [5, 5.41) is 16.2. The van der Waals surface area contributed by atoms with Crippen molar-refractivity contribution in [1.29, 1.82) is 0 Å². The fraction of sp³-hybridized carbons (Fsp3) is 0.500. The Morgan fingerprint density at radius 2 is 1.91 bits per heavy atom. The predicted octanol–water partition coefficient (Wildman–Crippen LogP) is 3.41. The van der Waals surface area contributed by atoms with Crippen molar-refractivity contribution in [3.05, 3.63) is 55.6 Å². The van der Waals surface area contributed by atoms with E-state index in [-0.39, 0.29) is 23.9 Å². The summed E-state index contributed by atoms with van der Waals surface area (Å²) in [6.07, 6.45) is 8.57. The molecule has 8 nitrogen and oxygen atoms in total. The number of hydrogen-bond donors (Lipinski definition) is 1. The molecular formula is C26H34N6O2. The lowest BCUT2D eigenvalue weighted by Gasteiger charge is -2.24. The van der Waals surface area contributed by atoms with Gasteiger partial charge in [0.05, 0.1) is 17.9 Å². The summed E-state index contributed by atoms with van der Waals surface area (Å²) in [6.45, 7) is 8.24. The zero-order valence-corrected chi connectivity index (χ0v) is 19.8. The van der Waals surface area contributed by atoms with Crippen LogP contribution in [0.25, 0.3) is 11.4 Å². The van der Waals surface area contributed by atoms with Gasteiger partial charge in [-0.05, 0) is 49.7 Å². The van der Waals surface area contributed by atoms with Crippen molar-refractivity contribution in [3.8, 4) is 11.4 Å². The number of unbranched alkanes of at least 4 members (excludes halogenated alkanes) is 2. The molecule has 180 valence electrons. The van der Waals surface area contributed by atoms with E-state index in [4.69, 9.17) is 0 Å². The van der Waals surface area contributed by atoms with Gasteiger partial charge in [0.2, 0.25) is 17.6 Å². The Hall–Kier alpha value is -3.29. The number of carbonyl (C=O) groups excluding carboxylic acids is 2. The molecule has 0 bridgehead atoms. The molecule has 8 heteroatoms. The van der Waals surface area contributed by atoms with E-state index in [0.29, 0.717) is 31.1 Å². The maximum absolute atomic E-state index is 13.4. The molecule has 0 saturated heterocycles. The minimum absolute atomic E-state index is 0.0146. The summed E-state index contributed by atoms with van der Waals surface area (Å²) < 4.78 is 0. The van der Waals surface area contributed by atoms with E-state index in [1.807, 2.05) is 49.5 Å². The number of amides is 2. The number of allylic oxidation sites excluding steroid dienone is 1. The molecule has 2 amide bonds. The third-order valence-electron chi connectivity index (χ3n) is 6.98. The van der Waals surface area contributed by atoms with Gasteiger partial charge in [-0.15, -0.1) is 23.4 Å². The van der Waals surface area contributed by atoms with Crippen LogP contribution in [0.2, 0.25) is 0 Å². The largest absolute Gasteiger partial charge is 0.352 e. The van der Waals surface area contributed by atoms with Crippen LogP contribution < -0.4 is 5.32 Å². The maximum atomic E-state index is 13.4. The number of nitrogens with one attached hydrogen (secondary N) is 1. The van der Waals surface area contributed by atoms with E-state index in [1.54, 1.807) is 9.70 Å². The molecular weight excluding hydrogens is 428 g/mol. The van der Waals surface area contributed by atoms with Gasteiger partial charge < -0.3 is 10.2 Å². The summed E-state index contributed by atoms with van der Waals surface area (Å²) in [4.78, 5) is 30.0. The highest BCUT2D eigenvalue weighted by Gasteiger charge is 2.47. The van der Waals surface area contributed by atoms with Gasteiger partial charge in [0.25, 0.3) is 0 Å². The molecule has 0 spiro atoms. The topological polar surface area (TPSA) is 93.0 Å². The van der Waals surface area contributed by atoms with Gasteiger partial charge in [-0.1, -0.05) is 42.5 Å². The molecule has 2 fully saturated rings. The van der Waals surface area contributed by atoms with Crippen LogP contribution in [-0.2, 0) is 9.59 Å². The van der Waals surface area contributed by atoms with E-state index in [0.717, 1.165) is 31.2 Å². The average molecular weight is 463 g/mol. The van der Waals surface area contributed by atoms with Crippen molar-refractivity contribution in [2.24, 2.45) is 17.8 Å². The number of hydrogen-bond acceptors (Lipinski definition) is 5. The smallest absolute Gasteiger partial charge is 0.226 e. The lowest BCUT2D eigenvalue weighted by atomic mass is 9.93. The molecule has 1 aromatic carbocycles. The van der Waals surface area contributed by atoms with Crippen molar-refractivity contribution in [2.75, 3.05) is 13.6 Å². The third kappa shape index (κ3) is 5.43. The third-order valence-corrected chi connectivity index (χ3v) is 6.98. The van der Waals surface area contributed by atoms with Crippen molar-refractivity contribution in [1.82, 2.24) is 30.4 Å². The van der Waals surface area contributed by atoms with Crippen molar-refractivity contribution < 1.29 is 9.59 Å². The van der Waals surface area contributed by atoms with E-state index in [1.165, 1.54) is 0 Å². The van der Waals surface area contributed by atoms with Crippen molar-refractivity contribution in [3.63, 3.8) is 0 Å². The molecule has 5 atom stereocenters. The quantitative estimate of drug-likeness (QED) is 0.408. The molecule has 34 heavy (non-hydrogen) atoms. The Morgan fingerprint density at radius 3 is 2.62 bits per heavy atom. The standard InChI is InChI=1S/C26H34N6O2/c1-4-6-7-11-14-31(3)26(34)22-17-20(16-21(22)25(33)27-23-15-18(23)5-2)32-29-24(28-30-32)19-12-9-8-10-13-19/h4-5,8-10,12-13,18,20-23H,1-2,6-7,11,14-17H2,3H3,(H,27,33)/t18-,20-,21-,22-,23-/m1/s1. The monoisotopic (exact) mass is 462 g/mol. The highest BCUT2D eigenvalue weighted by atomic mass is 16.2. The van der Waals surface area contributed by atoms with Crippen LogP contribution >= 0.6 is 0 Å². The van der Waals surface area contributed by atoms with Crippen molar-refractivity contribution in [2.45, 2.75) is 50.6 Å². The maximum Gasteiger partial charge on any atom is 0.226 e. The van der Waals surface area contributed by atoms with Gasteiger partial charge in [-0.2, -0.15) is 4.80 Å². The first-order valence-corrected chi connectivity index (χ1v) is 12.2. The van der Waals surface area contributed by atoms with E-state index >= 15 is 0 Å². The molecule has 1 aromatic heterocycles. The van der Waals surface area contributed by atoms with Crippen LogP contribution in [0.5, 0.6) is 0 Å². The summed E-state index contributed by atoms with van der Waals surface area (Å²) in [5.41, 5.74) is 0.886. The molecule has 0 radical (unpaired) electrons. The molecule has 0 aliphatic heterocycles. The molecule has 2 aromatic rings. The number of carbonyl (C=O) groups is 2. The Kier molecular flexibility index (Phi) is 7.55. The summed E-state index contributed by atoms with van der Waals surface area (Å²) in [5.74, 6) is 0.0158. The van der Waals surface area contributed by atoms with Gasteiger partial charge in [0, 0.05) is 25.2 Å². The molecule has 2 saturated carbocycles. The van der Waals surface area contributed by atoms with Gasteiger partial charge in [0.15, 0.2) is 0 Å². The summed E-state index contributed by atoms with van der Waals surface area (Å²) >= 11 is 0. The van der Waals surface area contributed by atoms with Gasteiger partial charge >= 0.3 is 0 Å². The van der Waals surface area contributed by atoms with Crippen molar-refractivity contribution >= 4 is 11.8 Å². The average Bonchev–Trinajstić information content (AvgIpc) is 3.24. The Morgan fingerprint density at radius 1 is 1.15 bits per heavy atom. The Balaban J connectivity index is 1.47. The molecule has 1 N–H and O–H groups in total.